The lowest BCUT2D eigenvalue weighted by Gasteiger charge is -2.25. The third-order valence-electron chi connectivity index (χ3n) is 3.93. The Morgan fingerprint density at radius 2 is 2.00 bits per heavy atom. The van der Waals surface area contributed by atoms with Crippen LogP contribution in [0.15, 0.2) is 41.6 Å². The van der Waals surface area contributed by atoms with Crippen LogP contribution in [0.25, 0.3) is 0 Å². The van der Waals surface area contributed by atoms with E-state index < -0.39 is 0 Å². The monoisotopic (exact) mass is 285 g/mol. The van der Waals surface area contributed by atoms with Crippen molar-refractivity contribution in [2.45, 2.75) is 25.8 Å². The maximum atomic E-state index is 12.6. The van der Waals surface area contributed by atoms with Gasteiger partial charge in [-0.1, -0.05) is 43.7 Å². The average molecular weight is 285 g/mol. The van der Waals surface area contributed by atoms with Crippen LogP contribution < -0.4 is 10.6 Å². The normalized spacial score (nSPS) is 21.2. The molecular formula is C16H19N3O2. The Hall–Kier alpha value is -2.30. The number of hydrogen-bond acceptors (Lipinski definition) is 2. The summed E-state index contributed by atoms with van der Waals surface area (Å²) >= 11 is 0. The molecule has 0 fully saturated rings. The lowest BCUT2D eigenvalue weighted by atomic mass is 9.96. The molecule has 0 spiro atoms. The predicted molar refractivity (Wildman–Crippen MR) is 79.4 cm³/mol. The first-order valence-corrected chi connectivity index (χ1v) is 7.35. The molecule has 1 aromatic carbocycles. The average Bonchev–Trinajstić information content (AvgIpc) is 2.81. The SMILES string of the molecule is CCCCN1CC2=C(C1=O)[C@@H](c1ccccc1)NC(=O)N2. The maximum Gasteiger partial charge on any atom is 0.319 e. The lowest BCUT2D eigenvalue weighted by molar-refractivity contribution is -0.125. The van der Waals surface area contributed by atoms with Crippen LogP contribution in [-0.2, 0) is 4.79 Å². The maximum absolute atomic E-state index is 12.6. The number of nitrogens with one attached hydrogen (secondary N) is 2. The summed E-state index contributed by atoms with van der Waals surface area (Å²) in [6.07, 6.45) is 2.02. The molecule has 110 valence electrons. The second-order valence-electron chi connectivity index (χ2n) is 5.41. The number of urea groups is 1. The van der Waals surface area contributed by atoms with Gasteiger partial charge in [0.15, 0.2) is 0 Å². The summed E-state index contributed by atoms with van der Waals surface area (Å²) in [4.78, 5) is 26.3. The van der Waals surface area contributed by atoms with Crippen LogP contribution in [0.4, 0.5) is 4.79 Å². The number of carbonyl (C=O) groups excluding carboxylic acids is 2. The predicted octanol–water partition coefficient (Wildman–Crippen LogP) is 1.94. The minimum atomic E-state index is -0.353. The molecule has 0 saturated carbocycles. The highest BCUT2D eigenvalue weighted by molar-refractivity contribution is 6.01. The summed E-state index contributed by atoms with van der Waals surface area (Å²) in [6, 6.07) is 9.02. The fraction of sp³-hybridized carbons (Fsp3) is 0.375. The quantitative estimate of drug-likeness (QED) is 0.888. The van der Waals surface area contributed by atoms with Gasteiger partial charge in [-0.05, 0) is 12.0 Å². The van der Waals surface area contributed by atoms with E-state index in [1.165, 1.54) is 0 Å². The van der Waals surface area contributed by atoms with Crippen molar-refractivity contribution < 1.29 is 9.59 Å². The zero-order valence-electron chi connectivity index (χ0n) is 12.1. The van der Waals surface area contributed by atoms with Crippen LogP contribution in [0.1, 0.15) is 31.4 Å². The molecule has 2 heterocycles. The van der Waals surface area contributed by atoms with Gasteiger partial charge in [0.25, 0.3) is 5.91 Å². The van der Waals surface area contributed by atoms with Crippen LogP contribution in [0.5, 0.6) is 0 Å². The highest BCUT2D eigenvalue weighted by Gasteiger charge is 2.39. The number of unbranched alkanes of at least 4 members (excludes halogenated alkanes) is 1. The summed E-state index contributed by atoms with van der Waals surface area (Å²) in [5, 5.41) is 5.64. The summed E-state index contributed by atoms with van der Waals surface area (Å²) in [5.74, 6) is 0.0276. The van der Waals surface area contributed by atoms with E-state index in [0.717, 1.165) is 30.6 Å². The van der Waals surface area contributed by atoms with Crippen molar-refractivity contribution in [3.8, 4) is 0 Å². The molecule has 1 aromatic rings. The Balaban J connectivity index is 1.90. The summed E-state index contributed by atoms with van der Waals surface area (Å²) in [7, 11) is 0. The molecule has 3 amide bonds. The molecule has 0 saturated heterocycles. The number of amides is 3. The van der Waals surface area contributed by atoms with Crippen molar-refractivity contribution in [3.05, 3.63) is 47.2 Å². The van der Waals surface area contributed by atoms with Crippen LogP contribution in [0, 0.1) is 0 Å². The van der Waals surface area contributed by atoms with E-state index in [-0.39, 0.29) is 18.0 Å². The zero-order chi connectivity index (χ0) is 14.8. The Kier molecular flexibility index (Phi) is 3.64. The number of hydrogen-bond donors (Lipinski definition) is 2. The van der Waals surface area contributed by atoms with E-state index in [0.29, 0.717) is 12.1 Å². The van der Waals surface area contributed by atoms with Crippen LogP contribution in [0.3, 0.4) is 0 Å². The number of carbonyl (C=O) groups is 2. The van der Waals surface area contributed by atoms with E-state index in [9.17, 15) is 9.59 Å². The Bertz CT molecular complexity index is 595. The van der Waals surface area contributed by atoms with Crippen LogP contribution in [-0.4, -0.2) is 29.9 Å². The standard InChI is InChI=1S/C16H19N3O2/c1-2-3-9-19-10-12-13(15(19)20)14(18-16(21)17-12)11-7-5-4-6-8-11/h4-8,14H,2-3,9-10H2,1H3,(H2,17,18,21)/t14-/m1/s1. The number of nitrogens with zero attached hydrogens (tertiary/aromatic N) is 1. The first-order valence-electron chi connectivity index (χ1n) is 7.35. The fourth-order valence-electron chi connectivity index (χ4n) is 2.85. The van der Waals surface area contributed by atoms with Gasteiger partial charge in [-0.25, -0.2) is 4.79 Å². The van der Waals surface area contributed by atoms with Gasteiger partial charge in [0, 0.05) is 6.54 Å². The van der Waals surface area contributed by atoms with E-state index in [2.05, 4.69) is 17.6 Å². The molecule has 5 heteroatoms. The molecule has 0 bridgehead atoms. The highest BCUT2D eigenvalue weighted by atomic mass is 16.2. The number of rotatable bonds is 4. The minimum absolute atomic E-state index is 0.0276. The molecule has 2 aliphatic rings. The van der Waals surface area contributed by atoms with Crippen molar-refractivity contribution >= 4 is 11.9 Å². The van der Waals surface area contributed by atoms with Crippen LogP contribution in [0.2, 0.25) is 0 Å². The largest absolute Gasteiger partial charge is 0.333 e. The molecule has 2 N–H and O–H groups in total. The summed E-state index contributed by atoms with van der Waals surface area (Å²) < 4.78 is 0. The molecule has 0 unspecified atom stereocenters. The molecule has 2 aliphatic heterocycles. The highest BCUT2D eigenvalue weighted by Crippen LogP contribution is 2.32. The van der Waals surface area contributed by atoms with Gasteiger partial charge < -0.3 is 15.5 Å². The minimum Gasteiger partial charge on any atom is -0.333 e. The lowest BCUT2D eigenvalue weighted by Crippen LogP contribution is -2.44. The van der Waals surface area contributed by atoms with Gasteiger partial charge in [-0.3, -0.25) is 4.79 Å². The van der Waals surface area contributed by atoms with Gasteiger partial charge in [0.2, 0.25) is 0 Å². The molecule has 0 radical (unpaired) electrons. The molecule has 1 atom stereocenters. The van der Waals surface area contributed by atoms with Gasteiger partial charge in [-0.15, -0.1) is 0 Å². The van der Waals surface area contributed by atoms with Gasteiger partial charge >= 0.3 is 6.03 Å². The smallest absolute Gasteiger partial charge is 0.319 e. The second-order valence-corrected chi connectivity index (χ2v) is 5.41. The van der Waals surface area contributed by atoms with E-state index >= 15 is 0 Å². The van der Waals surface area contributed by atoms with Crippen molar-refractivity contribution in [2.24, 2.45) is 0 Å². The van der Waals surface area contributed by atoms with Crippen molar-refractivity contribution in [1.29, 1.82) is 0 Å². The van der Waals surface area contributed by atoms with Crippen molar-refractivity contribution in [2.75, 3.05) is 13.1 Å². The Labute approximate surface area is 124 Å². The molecule has 0 aromatic heterocycles. The Morgan fingerprint density at radius 3 is 2.71 bits per heavy atom. The molecule has 0 aliphatic carbocycles. The van der Waals surface area contributed by atoms with Gasteiger partial charge in [0.1, 0.15) is 0 Å². The number of benzene rings is 1. The van der Waals surface area contributed by atoms with E-state index in [4.69, 9.17) is 0 Å². The van der Waals surface area contributed by atoms with E-state index in [1.54, 1.807) is 0 Å². The molecular weight excluding hydrogens is 266 g/mol. The van der Waals surface area contributed by atoms with E-state index in [1.807, 2.05) is 35.2 Å². The van der Waals surface area contributed by atoms with Crippen LogP contribution >= 0.6 is 0 Å². The first kappa shape index (κ1) is 13.7. The Morgan fingerprint density at radius 1 is 1.24 bits per heavy atom. The second kappa shape index (κ2) is 5.60. The third-order valence-corrected chi connectivity index (χ3v) is 3.93. The zero-order valence-corrected chi connectivity index (χ0v) is 12.1. The first-order chi connectivity index (χ1) is 10.2. The van der Waals surface area contributed by atoms with Gasteiger partial charge in [-0.2, -0.15) is 0 Å². The van der Waals surface area contributed by atoms with Gasteiger partial charge in [0.05, 0.1) is 23.9 Å². The third kappa shape index (κ3) is 2.51. The molecule has 5 nitrogen and oxygen atoms in total. The fourth-order valence-corrected chi connectivity index (χ4v) is 2.85. The summed E-state index contributed by atoms with van der Waals surface area (Å²) in [5.41, 5.74) is 2.36. The van der Waals surface area contributed by atoms with Crippen molar-refractivity contribution in [3.63, 3.8) is 0 Å². The topological polar surface area (TPSA) is 61.4 Å². The molecule has 21 heavy (non-hydrogen) atoms. The molecule has 3 rings (SSSR count). The van der Waals surface area contributed by atoms with Crippen molar-refractivity contribution in [1.82, 2.24) is 15.5 Å². The summed E-state index contributed by atoms with van der Waals surface area (Å²) in [6.45, 7) is 3.34.